The van der Waals surface area contributed by atoms with Gasteiger partial charge in [-0.25, -0.2) is 4.39 Å². The smallest absolute Gasteiger partial charge is 0.250 e. The molecule has 0 aliphatic heterocycles. The quantitative estimate of drug-likeness (QED) is 0.581. The predicted octanol–water partition coefficient (Wildman–Crippen LogP) is 0.443. The number of nitrogens with one attached hydrogen (secondary N) is 2. The first-order valence-electron chi connectivity index (χ1n) is 5.73. The number of carbonyl (C=O) groups excluding carboxylic acids is 2. The maximum atomic E-state index is 13.6. The standard InChI is InChI=1S/C12H17FN4O2/c1-6(2)17-11(18)5-16-10-3-7(12(15)19)9(14)4-8(10)13/h3-4,6,16H,5,14H2,1-2H3,(H2,15,19)(H,17,18). The molecule has 1 rings (SSSR count). The summed E-state index contributed by atoms with van der Waals surface area (Å²) in [7, 11) is 0. The highest BCUT2D eigenvalue weighted by molar-refractivity contribution is 5.99. The molecule has 6 nitrogen and oxygen atoms in total. The van der Waals surface area contributed by atoms with E-state index < -0.39 is 11.7 Å². The van der Waals surface area contributed by atoms with Crippen LogP contribution in [0.15, 0.2) is 12.1 Å². The molecule has 104 valence electrons. The summed E-state index contributed by atoms with van der Waals surface area (Å²) in [4.78, 5) is 22.5. The normalized spacial score (nSPS) is 10.3. The molecule has 6 N–H and O–H groups in total. The van der Waals surface area contributed by atoms with Crippen molar-refractivity contribution in [3.8, 4) is 0 Å². The Morgan fingerprint density at radius 3 is 2.53 bits per heavy atom. The number of nitrogen functional groups attached to an aromatic ring is 1. The third kappa shape index (κ3) is 4.13. The van der Waals surface area contributed by atoms with Gasteiger partial charge in [0.05, 0.1) is 17.8 Å². The lowest BCUT2D eigenvalue weighted by atomic mass is 10.1. The molecule has 0 saturated carbocycles. The molecule has 7 heteroatoms. The van der Waals surface area contributed by atoms with Gasteiger partial charge in [0.1, 0.15) is 5.82 Å². The maximum absolute atomic E-state index is 13.6. The van der Waals surface area contributed by atoms with E-state index in [-0.39, 0.29) is 35.4 Å². The van der Waals surface area contributed by atoms with Gasteiger partial charge in [-0.2, -0.15) is 0 Å². The highest BCUT2D eigenvalue weighted by Crippen LogP contribution is 2.21. The Morgan fingerprint density at radius 2 is 2.00 bits per heavy atom. The van der Waals surface area contributed by atoms with Crippen LogP contribution in [0.1, 0.15) is 24.2 Å². The first-order valence-corrected chi connectivity index (χ1v) is 5.73. The molecule has 0 fully saturated rings. The number of primary amides is 1. The van der Waals surface area contributed by atoms with Gasteiger partial charge >= 0.3 is 0 Å². The highest BCUT2D eigenvalue weighted by atomic mass is 19.1. The fourth-order valence-corrected chi connectivity index (χ4v) is 1.49. The average Bonchev–Trinajstić information content (AvgIpc) is 2.26. The van der Waals surface area contributed by atoms with Gasteiger partial charge in [-0.3, -0.25) is 9.59 Å². The zero-order valence-corrected chi connectivity index (χ0v) is 10.8. The molecule has 0 atom stereocenters. The maximum Gasteiger partial charge on any atom is 0.250 e. The number of anilines is 2. The van der Waals surface area contributed by atoms with Crippen molar-refractivity contribution in [1.29, 1.82) is 0 Å². The first kappa shape index (κ1) is 14.7. The van der Waals surface area contributed by atoms with E-state index in [0.29, 0.717) is 0 Å². The number of rotatable bonds is 5. The average molecular weight is 268 g/mol. The van der Waals surface area contributed by atoms with Crippen LogP contribution in [-0.4, -0.2) is 24.4 Å². The van der Waals surface area contributed by atoms with Gasteiger partial charge in [0.25, 0.3) is 5.91 Å². The van der Waals surface area contributed by atoms with E-state index in [1.807, 2.05) is 13.8 Å². The van der Waals surface area contributed by atoms with Crippen molar-refractivity contribution in [2.24, 2.45) is 5.73 Å². The first-order chi connectivity index (χ1) is 8.81. The zero-order valence-electron chi connectivity index (χ0n) is 10.8. The fourth-order valence-electron chi connectivity index (χ4n) is 1.49. The minimum atomic E-state index is -0.757. The lowest BCUT2D eigenvalue weighted by Gasteiger charge is -2.12. The zero-order chi connectivity index (χ0) is 14.6. The second-order valence-corrected chi connectivity index (χ2v) is 4.36. The molecular weight excluding hydrogens is 251 g/mol. The van der Waals surface area contributed by atoms with Gasteiger partial charge in [0.2, 0.25) is 5.91 Å². The predicted molar refractivity (Wildman–Crippen MR) is 71.1 cm³/mol. The van der Waals surface area contributed by atoms with Crippen LogP contribution in [-0.2, 0) is 4.79 Å². The summed E-state index contributed by atoms with van der Waals surface area (Å²) in [5.74, 6) is -1.70. The van der Waals surface area contributed by atoms with Crippen LogP contribution in [0.3, 0.4) is 0 Å². The van der Waals surface area contributed by atoms with Crippen molar-refractivity contribution < 1.29 is 14.0 Å². The molecular formula is C12H17FN4O2. The number of hydrogen-bond acceptors (Lipinski definition) is 4. The van der Waals surface area contributed by atoms with E-state index >= 15 is 0 Å². The second kappa shape index (κ2) is 6.03. The number of halogens is 1. The summed E-state index contributed by atoms with van der Waals surface area (Å²) >= 11 is 0. The van der Waals surface area contributed by atoms with Crippen LogP contribution in [0.4, 0.5) is 15.8 Å². The van der Waals surface area contributed by atoms with E-state index in [2.05, 4.69) is 10.6 Å². The van der Waals surface area contributed by atoms with Crippen molar-refractivity contribution in [3.63, 3.8) is 0 Å². The lowest BCUT2D eigenvalue weighted by Crippen LogP contribution is -2.35. The molecule has 0 heterocycles. The Balaban J connectivity index is 2.81. The molecule has 1 aromatic rings. The molecule has 0 unspecified atom stereocenters. The third-order valence-electron chi connectivity index (χ3n) is 2.29. The van der Waals surface area contributed by atoms with Crippen LogP contribution in [0.5, 0.6) is 0 Å². The molecule has 0 aliphatic rings. The minimum absolute atomic E-state index is 0.00176. The summed E-state index contributed by atoms with van der Waals surface area (Å²) < 4.78 is 13.6. The fraction of sp³-hybridized carbons (Fsp3) is 0.333. The molecule has 0 bridgehead atoms. The molecule has 0 aliphatic carbocycles. The van der Waals surface area contributed by atoms with Crippen molar-refractivity contribution in [2.75, 3.05) is 17.6 Å². The molecule has 19 heavy (non-hydrogen) atoms. The Bertz CT molecular complexity index is 503. The Morgan fingerprint density at radius 1 is 1.37 bits per heavy atom. The number of amides is 2. The molecule has 0 saturated heterocycles. The Kier molecular flexibility index (Phi) is 4.68. The topological polar surface area (TPSA) is 110 Å². The van der Waals surface area contributed by atoms with Gasteiger partial charge in [0.15, 0.2) is 0 Å². The molecule has 0 radical (unpaired) electrons. The van der Waals surface area contributed by atoms with Gasteiger partial charge < -0.3 is 22.1 Å². The van der Waals surface area contributed by atoms with E-state index in [0.717, 1.165) is 6.07 Å². The molecule has 1 aromatic carbocycles. The van der Waals surface area contributed by atoms with Crippen molar-refractivity contribution in [3.05, 3.63) is 23.5 Å². The molecule has 0 spiro atoms. The SMILES string of the molecule is CC(C)NC(=O)CNc1cc(C(N)=O)c(N)cc1F. The monoisotopic (exact) mass is 268 g/mol. The van der Waals surface area contributed by atoms with Crippen molar-refractivity contribution in [2.45, 2.75) is 19.9 Å². The summed E-state index contributed by atoms with van der Waals surface area (Å²) in [5, 5.41) is 5.23. The molecule has 2 amide bonds. The summed E-state index contributed by atoms with van der Waals surface area (Å²) in [6, 6.07) is 2.17. The lowest BCUT2D eigenvalue weighted by molar-refractivity contribution is -0.119. The number of hydrogen-bond donors (Lipinski definition) is 4. The number of benzene rings is 1. The van der Waals surface area contributed by atoms with Crippen molar-refractivity contribution >= 4 is 23.2 Å². The van der Waals surface area contributed by atoms with Crippen LogP contribution in [0, 0.1) is 5.82 Å². The van der Waals surface area contributed by atoms with Crippen LogP contribution >= 0.6 is 0 Å². The van der Waals surface area contributed by atoms with Crippen molar-refractivity contribution in [1.82, 2.24) is 5.32 Å². The largest absolute Gasteiger partial charge is 0.398 e. The van der Waals surface area contributed by atoms with Crippen LogP contribution in [0.2, 0.25) is 0 Å². The van der Waals surface area contributed by atoms with Crippen LogP contribution in [0.25, 0.3) is 0 Å². The Hall–Kier alpha value is -2.31. The van der Waals surface area contributed by atoms with Gasteiger partial charge in [0, 0.05) is 11.7 Å². The van der Waals surface area contributed by atoms with Gasteiger partial charge in [-0.1, -0.05) is 0 Å². The number of carbonyl (C=O) groups is 2. The van der Waals surface area contributed by atoms with Gasteiger partial charge in [-0.05, 0) is 26.0 Å². The Labute approximate surface area is 110 Å². The molecule has 0 aromatic heterocycles. The second-order valence-electron chi connectivity index (χ2n) is 4.36. The van der Waals surface area contributed by atoms with E-state index in [1.165, 1.54) is 6.07 Å². The number of nitrogens with two attached hydrogens (primary N) is 2. The van der Waals surface area contributed by atoms with E-state index in [9.17, 15) is 14.0 Å². The summed E-state index contributed by atoms with van der Waals surface area (Å²) in [5.41, 5.74) is 10.5. The van der Waals surface area contributed by atoms with Crippen LogP contribution < -0.4 is 22.1 Å². The summed E-state index contributed by atoms with van der Waals surface area (Å²) in [6.45, 7) is 3.51. The van der Waals surface area contributed by atoms with Gasteiger partial charge in [-0.15, -0.1) is 0 Å². The summed E-state index contributed by atoms with van der Waals surface area (Å²) in [6.07, 6.45) is 0. The van der Waals surface area contributed by atoms with E-state index in [4.69, 9.17) is 11.5 Å². The third-order valence-corrected chi connectivity index (χ3v) is 2.29. The minimum Gasteiger partial charge on any atom is -0.398 e. The highest BCUT2D eigenvalue weighted by Gasteiger charge is 2.12. The van der Waals surface area contributed by atoms with E-state index in [1.54, 1.807) is 0 Å².